The summed E-state index contributed by atoms with van der Waals surface area (Å²) in [5, 5.41) is 80.2. The first kappa shape index (κ1) is 30.2. The van der Waals surface area contributed by atoms with Gasteiger partial charge in [-0.15, -0.1) is 0 Å². The second-order valence-electron chi connectivity index (χ2n) is 9.84. The van der Waals surface area contributed by atoms with E-state index in [-0.39, 0.29) is 39.5 Å². The van der Waals surface area contributed by atoms with E-state index in [1.54, 1.807) is 0 Å². The number of aromatic hydroxyl groups is 5. The first-order chi connectivity index (χ1) is 20.9. The fourth-order valence-corrected chi connectivity index (χ4v) is 4.46. The molecule has 0 aliphatic carbocycles. The van der Waals surface area contributed by atoms with E-state index in [2.05, 4.69) is 0 Å². The molecule has 0 unspecified atom stereocenters. The fraction of sp³-hybridized carbons (Fsp3) is 0.200. The largest absolute Gasteiger partial charge is 0.508 e. The van der Waals surface area contributed by atoms with Crippen molar-refractivity contribution in [3.63, 3.8) is 0 Å². The molecule has 1 aromatic heterocycles. The average Bonchev–Trinajstić information content (AvgIpc) is 2.97. The Bertz CT molecular complexity index is 1800. The molecule has 14 nitrogen and oxygen atoms in total. The highest BCUT2D eigenvalue weighted by Crippen LogP contribution is 2.36. The zero-order chi connectivity index (χ0) is 31.7. The van der Waals surface area contributed by atoms with Crippen molar-refractivity contribution in [2.45, 2.75) is 30.7 Å². The molecule has 3 aromatic carbocycles. The molecule has 8 N–H and O–H groups in total. The number of carbonyl (C=O) groups excluding carboxylic acids is 1. The number of phenols is 5. The summed E-state index contributed by atoms with van der Waals surface area (Å²) in [6.45, 7) is -0.581. The molecule has 0 spiro atoms. The van der Waals surface area contributed by atoms with Gasteiger partial charge in [-0.3, -0.25) is 4.79 Å². The predicted molar refractivity (Wildman–Crippen MR) is 150 cm³/mol. The molecule has 0 amide bonds. The summed E-state index contributed by atoms with van der Waals surface area (Å²) < 4.78 is 21.9. The lowest BCUT2D eigenvalue weighted by atomic mass is 9.99. The number of aliphatic hydroxyl groups excluding tert-OH is 3. The standard InChI is InChI=1S/C30H26O14/c31-15-9-19(35)26-20(36)11-21(42-23(26)10-15)14-3-5-17(33)22(8-14)43-30-29(40)28(39)27(38)24(44-30)12-41-25(37)6-2-13-1-4-16(32)18(34)7-13/h1-11,24,27-35,38-40H,12H2/t24-,27-,28+,29-,30-/m1/s1. The maximum Gasteiger partial charge on any atom is 0.330 e. The van der Waals surface area contributed by atoms with Gasteiger partial charge in [-0.05, 0) is 42.0 Å². The Morgan fingerprint density at radius 3 is 2.32 bits per heavy atom. The van der Waals surface area contributed by atoms with Crippen LogP contribution in [0, 0.1) is 0 Å². The molecule has 5 atom stereocenters. The van der Waals surface area contributed by atoms with Crippen molar-refractivity contribution in [3.05, 3.63) is 76.5 Å². The van der Waals surface area contributed by atoms with E-state index in [1.165, 1.54) is 42.5 Å². The van der Waals surface area contributed by atoms with E-state index < -0.39 is 66.0 Å². The Morgan fingerprint density at radius 2 is 1.57 bits per heavy atom. The molecular formula is C30H26O14. The molecule has 1 fully saturated rings. The predicted octanol–water partition coefficient (Wildman–Crippen LogP) is 1.43. The molecule has 2 heterocycles. The third-order valence-electron chi connectivity index (χ3n) is 6.75. The zero-order valence-electron chi connectivity index (χ0n) is 22.5. The summed E-state index contributed by atoms with van der Waals surface area (Å²) >= 11 is 0. The molecule has 230 valence electrons. The van der Waals surface area contributed by atoms with Gasteiger partial charge in [0.25, 0.3) is 0 Å². The molecular weight excluding hydrogens is 584 g/mol. The maximum absolute atomic E-state index is 12.6. The molecule has 0 bridgehead atoms. The highest BCUT2D eigenvalue weighted by molar-refractivity contribution is 5.87. The van der Waals surface area contributed by atoms with E-state index in [4.69, 9.17) is 18.6 Å². The van der Waals surface area contributed by atoms with Crippen molar-refractivity contribution < 1.29 is 64.3 Å². The number of hydrogen-bond acceptors (Lipinski definition) is 14. The van der Waals surface area contributed by atoms with Crippen LogP contribution in [-0.2, 0) is 14.3 Å². The molecule has 0 saturated carbocycles. The van der Waals surface area contributed by atoms with Crippen molar-refractivity contribution in [2.24, 2.45) is 0 Å². The van der Waals surface area contributed by atoms with Gasteiger partial charge in [0.15, 0.2) is 28.4 Å². The summed E-state index contributed by atoms with van der Waals surface area (Å²) in [5.41, 5.74) is -0.160. The van der Waals surface area contributed by atoms with Crippen molar-refractivity contribution in [1.82, 2.24) is 0 Å². The van der Waals surface area contributed by atoms with Gasteiger partial charge in [0.1, 0.15) is 59.3 Å². The highest BCUT2D eigenvalue weighted by atomic mass is 16.7. The third-order valence-corrected chi connectivity index (χ3v) is 6.75. The van der Waals surface area contributed by atoms with Crippen LogP contribution in [0.25, 0.3) is 28.4 Å². The van der Waals surface area contributed by atoms with Gasteiger partial charge >= 0.3 is 5.97 Å². The Kier molecular flexibility index (Phi) is 8.33. The fourth-order valence-electron chi connectivity index (χ4n) is 4.46. The van der Waals surface area contributed by atoms with Crippen LogP contribution in [0.5, 0.6) is 34.5 Å². The minimum Gasteiger partial charge on any atom is -0.508 e. The first-order valence-corrected chi connectivity index (χ1v) is 13.0. The van der Waals surface area contributed by atoms with Crippen LogP contribution in [0.3, 0.4) is 0 Å². The number of fused-ring (bicyclic) bond motifs is 1. The molecule has 1 saturated heterocycles. The van der Waals surface area contributed by atoms with Crippen LogP contribution in [-0.4, -0.2) is 84.1 Å². The zero-order valence-corrected chi connectivity index (χ0v) is 22.5. The molecule has 0 radical (unpaired) electrons. The summed E-state index contributed by atoms with van der Waals surface area (Å²) in [6.07, 6.45) is -6.07. The van der Waals surface area contributed by atoms with Gasteiger partial charge < -0.3 is 59.5 Å². The second kappa shape index (κ2) is 12.1. The summed E-state index contributed by atoms with van der Waals surface area (Å²) in [7, 11) is 0. The van der Waals surface area contributed by atoms with Crippen LogP contribution in [0.2, 0.25) is 0 Å². The Balaban J connectivity index is 1.31. The smallest absolute Gasteiger partial charge is 0.330 e. The van der Waals surface area contributed by atoms with Crippen LogP contribution in [0.1, 0.15) is 5.56 Å². The number of phenolic OH excluding ortho intramolecular Hbond substituents is 5. The van der Waals surface area contributed by atoms with Gasteiger partial charge in [-0.1, -0.05) is 6.07 Å². The number of aliphatic hydroxyl groups is 3. The van der Waals surface area contributed by atoms with Gasteiger partial charge in [0, 0.05) is 29.8 Å². The van der Waals surface area contributed by atoms with Gasteiger partial charge in [0.2, 0.25) is 6.29 Å². The van der Waals surface area contributed by atoms with E-state index in [0.717, 1.165) is 24.3 Å². The number of rotatable bonds is 7. The number of ether oxygens (including phenoxy) is 3. The first-order valence-electron chi connectivity index (χ1n) is 13.0. The van der Waals surface area contributed by atoms with Crippen molar-refractivity contribution >= 4 is 23.0 Å². The third kappa shape index (κ3) is 6.23. The van der Waals surface area contributed by atoms with Gasteiger partial charge in [0.05, 0.1) is 0 Å². The quantitative estimate of drug-likeness (QED) is 0.0840. The minimum absolute atomic E-state index is 0.0294. The normalized spacial score (nSPS) is 21.8. The second-order valence-corrected chi connectivity index (χ2v) is 9.84. The minimum atomic E-state index is -1.81. The van der Waals surface area contributed by atoms with Crippen LogP contribution in [0.15, 0.2) is 69.9 Å². The Labute approximate surface area is 247 Å². The SMILES string of the molecule is O=C(C=Cc1ccc(O)c(O)c1)OC[C@H]1O[C@@H](Oc2cc(-c3cc(=O)c4c(O)cc(O)cc4o3)ccc2O)[C@H](O)[C@@H](O)[C@@H]1O. The van der Waals surface area contributed by atoms with Gasteiger partial charge in [-0.25, -0.2) is 4.79 Å². The molecule has 1 aliphatic rings. The number of benzene rings is 3. The summed E-state index contributed by atoms with van der Waals surface area (Å²) in [6, 6.07) is 10.9. The number of hydrogen-bond donors (Lipinski definition) is 8. The Hall–Kier alpha value is -5.28. The molecule has 44 heavy (non-hydrogen) atoms. The highest BCUT2D eigenvalue weighted by Gasteiger charge is 2.45. The topological polar surface area (TPSA) is 237 Å². The maximum atomic E-state index is 12.6. The molecule has 4 aromatic rings. The van der Waals surface area contributed by atoms with Gasteiger partial charge in [-0.2, -0.15) is 0 Å². The summed E-state index contributed by atoms with van der Waals surface area (Å²) in [4.78, 5) is 24.8. The molecule has 14 heteroatoms. The Morgan fingerprint density at radius 1 is 0.818 bits per heavy atom. The number of carbonyl (C=O) groups is 1. The van der Waals surface area contributed by atoms with E-state index in [1.807, 2.05) is 0 Å². The van der Waals surface area contributed by atoms with Crippen molar-refractivity contribution in [2.75, 3.05) is 6.61 Å². The van der Waals surface area contributed by atoms with E-state index >= 15 is 0 Å². The lowest BCUT2D eigenvalue weighted by molar-refractivity contribution is -0.278. The molecule has 1 aliphatic heterocycles. The number of esters is 1. The monoisotopic (exact) mass is 610 g/mol. The van der Waals surface area contributed by atoms with Crippen molar-refractivity contribution in [3.8, 4) is 45.8 Å². The lowest BCUT2D eigenvalue weighted by Crippen LogP contribution is -2.60. The van der Waals surface area contributed by atoms with Crippen LogP contribution >= 0.6 is 0 Å². The lowest BCUT2D eigenvalue weighted by Gasteiger charge is -2.39. The van der Waals surface area contributed by atoms with E-state index in [9.17, 15) is 50.4 Å². The summed E-state index contributed by atoms with van der Waals surface area (Å²) in [5.74, 6) is -3.18. The van der Waals surface area contributed by atoms with Crippen LogP contribution in [0.4, 0.5) is 0 Å². The van der Waals surface area contributed by atoms with Crippen molar-refractivity contribution in [1.29, 1.82) is 0 Å². The van der Waals surface area contributed by atoms with Crippen LogP contribution < -0.4 is 10.2 Å². The average molecular weight is 611 g/mol. The van der Waals surface area contributed by atoms with E-state index in [0.29, 0.717) is 5.56 Å². The molecule has 5 rings (SSSR count).